The van der Waals surface area contributed by atoms with Crippen LogP contribution in [0.5, 0.6) is 0 Å². The minimum atomic E-state index is -0.403. The van der Waals surface area contributed by atoms with E-state index < -0.39 is 5.97 Å². The number of aromatic nitrogens is 2. The fourth-order valence-corrected chi connectivity index (χ4v) is 2.33. The first-order chi connectivity index (χ1) is 12.5. The summed E-state index contributed by atoms with van der Waals surface area (Å²) in [5, 5.41) is 6.01. The highest BCUT2D eigenvalue weighted by Gasteiger charge is 2.08. The Labute approximate surface area is 150 Å². The number of nitrogens with zero attached hydrogens (tertiary/aromatic N) is 2. The number of aryl methyl sites for hydroxylation is 1. The maximum atomic E-state index is 13.8. The average Bonchev–Trinajstić information content (AvgIpc) is 2.63. The molecular formula is C19H17FN4O2. The summed E-state index contributed by atoms with van der Waals surface area (Å²) >= 11 is 0. The molecule has 0 fully saturated rings. The Bertz CT molecular complexity index is 929. The van der Waals surface area contributed by atoms with Crippen LogP contribution in [0.3, 0.4) is 0 Å². The first-order valence-corrected chi connectivity index (χ1v) is 7.88. The van der Waals surface area contributed by atoms with Gasteiger partial charge in [0.15, 0.2) is 0 Å². The molecule has 132 valence electrons. The number of hydrogen-bond donors (Lipinski definition) is 2. The largest absolute Gasteiger partial charge is 0.465 e. The summed E-state index contributed by atoms with van der Waals surface area (Å²) in [6, 6.07) is 14.8. The van der Waals surface area contributed by atoms with Crippen LogP contribution in [0.1, 0.15) is 16.1 Å². The minimum Gasteiger partial charge on any atom is -0.465 e. The van der Waals surface area contributed by atoms with Gasteiger partial charge in [-0.25, -0.2) is 14.2 Å². The van der Waals surface area contributed by atoms with Gasteiger partial charge in [-0.15, -0.1) is 0 Å². The summed E-state index contributed by atoms with van der Waals surface area (Å²) in [6.45, 7) is 1.82. The van der Waals surface area contributed by atoms with Gasteiger partial charge in [-0.05, 0) is 43.3 Å². The summed E-state index contributed by atoms with van der Waals surface area (Å²) < 4.78 is 18.5. The minimum absolute atomic E-state index is 0.332. The molecule has 0 aliphatic rings. The van der Waals surface area contributed by atoms with Crippen molar-refractivity contribution in [3.63, 3.8) is 0 Å². The molecular weight excluding hydrogens is 335 g/mol. The van der Waals surface area contributed by atoms with E-state index in [0.29, 0.717) is 34.4 Å². The lowest BCUT2D eigenvalue weighted by atomic mass is 10.2. The van der Waals surface area contributed by atoms with Gasteiger partial charge in [0.1, 0.15) is 11.6 Å². The Balaban J connectivity index is 1.79. The van der Waals surface area contributed by atoms with Gasteiger partial charge in [0, 0.05) is 17.4 Å². The normalized spacial score (nSPS) is 10.3. The lowest BCUT2D eigenvalue weighted by Gasteiger charge is -2.11. The van der Waals surface area contributed by atoms with Crippen LogP contribution in [0.4, 0.5) is 27.5 Å². The molecule has 0 aliphatic heterocycles. The summed E-state index contributed by atoms with van der Waals surface area (Å²) in [6.07, 6.45) is 0. The standard InChI is InChI=1S/C19H17FN4O2/c1-12-11-17(23-16-6-4-3-5-15(16)20)24-19(21-12)22-14-9-7-13(8-10-14)18(25)26-2/h3-11H,1-2H3,(H2,21,22,23,24). The summed E-state index contributed by atoms with van der Waals surface area (Å²) in [4.78, 5) is 20.1. The van der Waals surface area contributed by atoms with Gasteiger partial charge in [-0.2, -0.15) is 4.98 Å². The average molecular weight is 352 g/mol. The molecule has 2 aromatic carbocycles. The highest BCUT2D eigenvalue weighted by atomic mass is 19.1. The van der Waals surface area contributed by atoms with E-state index in [1.165, 1.54) is 13.2 Å². The first kappa shape index (κ1) is 17.3. The van der Waals surface area contributed by atoms with E-state index in [4.69, 9.17) is 0 Å². The number of para-hydroxylation sites is 1. The zero-order valence-electron chi connectivity index (χ0n) is 14.3. The zero-order valence-corrected chi connectivity index (χ0v) is 14.3. The molecule has 0 aliphatic carbocycles. The molecule has 0 atom stereocenters. The number of methoxy groups -OCH3 is 1. The van der Waals surface area contributed by atoms with Crippen molar-refractivity contribution in [3.05, 3.63) is 71.7 Å². The van der Waals surface area contributed by atoms with Crippen LogP contribution in [0.25, 0.3) is 0 Å². The quantitative estimate of drug-likeness (QED) is 0.670. The molecule has 0 spiro atoms. The molecule has 0 radical (unpaired) electrons. The molecule has 0 saturated heterocycles. The molecule has 7 heteroatoms. The fraction of sp³-hybridized carbons (Fsp3) is 0.105. The van der Waals surface area contributed by atoms with Crippen molar-refractivity contribution in [3.8, 4) is 0 Å². The Kier molecular flexibility index (Phi) is 5.07. The molecule has 6 nitrogen and oxygen atoms in total. The molecule has 0 bridgehead atoms. The van der Waals surface area contributed by atoms with Gasteiger partial charge in [0.25, 0.3) is 0 Å². The van der Waals surface area contributed by atoms with Gasteiger partial charge in [0.05, 0.1) is 18.4 Å². The number of carbonyl (C=O) groups excluding carboxylic acids is 1. The summed E-state index contributed by atoms with van der Waals surface area (Å²) in [7, 11) is 1.33. The first-order valence-electron chi connectivity index (χ1n) is 7.88. The van der Waals surface area contributed by atoms with Crippen molar-refractivity contribution >= 4 is 29.1 Å². The van der Waals surface area contributed by atoms with Crippen LogP contribution < -0.4 is 10.6 Å². The van der Waals surface area contributed by atoms with Crippen molar-refractivity contribution in [1.82, 2.24) is 9.97 Å². The Morgan fingerprint density at radius 2 is 1.77 bits per heavy atom. The van der Waals surface area contributed by atoms with Gasteiger partial charge in [-0.1, -0.05) is 12.1 Å². The fourth-order valence-electron chi connectivity index (χ4n) is 2.33. The second kappa shape index (κ2) is 7.60. The van der Waals surface area contributed by atoms with Crippen LogP contribution in [-0.2, 0) is 4.74 Å². The van der Waals surface area contributed by atoms with Crippen molar-refractivity contribution in [2.24, 2.45) is 0 Å². The number of rotatable bonds is 5. The molecule has 1 aromatic heterocycles. The highest BCUT2D eigenvalue weighted by molar-refractivity contribution is 5.89. The molecule has 0 unspecified atom stereocenters. The van der Waals surface area contributed by atoms with E-state index in [0.717, 1.165) is 0 Å². The number of halogens is 1. The summed E-state index contributed by atoms with van der Waals surface area (Å²) in [5.74, 6) is 0.0577. The van der Waals surface area contributed by atoms with Crippen molar-refractivity contribution < 1.29 is 13.9 Å². The topological polar surface area (TPSA) is 76.1 Å². The number of anilines is 4. The van der Waals surface area contributed by atoms with E-state index in [9.17, 15) is 9.18 Å². The molecule has 0 amide bonds. The number of benzene rings is 2. The van der Waals surface area contributed by atoms with E-state index in [1.807, 2.05) is 6.92 Å². The monoisotopic (exact) mass is 352 g/mol. The van der Waals surface area contributed by atoms with Gasteiger partial charge in [-0.3, -0.25) is 0 Å². The van der Waals surface area contributed by atoms with Crippen LogP contribution in [0.15, 0.2) is 54.6 Å². The number of nitrogens with one attached hydrogen (secondary N) is 2. The summed E-state index contributed by atoms with van der Waals surface area (Å²) in [5.41, 5.74) is 2.21. The molecule has 26 heavy (non-hydrogen) atoms. The number of carbonyl (C=O) groups is 1. The van der Waals surface area contributed by atoms with Crippen LogP contribution in [-0.4, -0.2) is 23.0 Å². The SMILES string of the molecule is COC(=O)c1ccc(Nc2nc(C)cc(Nc3ccccc3F)n2)cc1. The number of hydrogen-bond acceptors (Lipinski definition) is 6. The molecule has 1 heterocycles. The Hall–Kier alpha value is -3.48. The second-order valence-electron chi connectivity index (χ2n) is 5.52. The van der Waals surface area contributed by atoms with Crippen LogP contribution in [0, 0.1) is 12.7 Å². The van der Waals surface area contributed by atoms with Crippen molar-refractivity contribution in [2.45, 2.75) is 6.92 Å². The van der Waals surface area contributed by atoms with Gasteiger partial charge >= 0.3 is 5.97 Å². The lowest BCUT2D eigenvalue weighted by Crippen LogP contribution is -2.04. The smallest absolute Gasteiger partial charge is 0.337 e. The number of esters is 1. The zero-order chi connectivity index (χ0) is 18.5. The van der Waals surface area contributed by atoms with E-state index in [-0.39, 0.29) is 5.82 Å². The predicted molar refractivity (Wildman–Crippen MR) is 97.5 cm³/mol. The van der Waals surface area contributed by atoms with Crippen LogP contribution >= 0.6 is 0 Å². The van der Waals surface area contributed by atoms with E-state index in [1.54, 1.807) is 48.5 Å². The van der Waals surface area contributed by atoms with E-state index in [2.05, 4.69) is 25.3 Å². The number of ether oxygens (including phenoxy) is 1. The highest BCUT2D eigenvalue weighted by Crippen LogP contribution is 2.21. The third-order valence-electron chi connectivity index (χ3n) is 3.55. The Morgan fingerprint density at radius 1 is 1.04 bits per heavy atom. The van der Waals surface area contributed by atoms with Gasteiger partial charge < -0.3 is 15.4 Å². The maximum Gasteiger partial charge on any atom is 0.337 e. The van der Waals surface area contributed by atoms with E-state index >= 15 is 0 Å². The predicted octanol–water partition coefficient (Wildman–Crippen LogP) is 4.20. The van der Waals surface area contributed by atoms with Gasteiger partial charge in [0.2, 0.25) is 5.95 Å². The molecule has 3 aromatic rings. The third-order valence-corrected chi connectivity index (χ3v) is 3.55. The molecule has 2 N–H and O–H groups in total. The van der Waals surface area contributed by atoms with Crippen LogP contribution in [0.2, 0.25) is 0 Å². The van der Waals surface area contributed by atoms with Crippen molar-refractivity contribution in [1.29, 1.82) is 0 Å². The third kappa shape index (κ3) is 4.13. The maximum absolute atomic E-state index is 13.8. The Morgan fingerprint density at radius 3 is 2.46 bits per heavy atom. The molecule has 3 rings (SSSR count). The molecule has 0 saturated carbocycles. The second-order valence-corrected chi connectivity index (χ2v) is 5.52. The lowest BCUT2D eigenvalue weighted by molar-refractivity contribution is 0.0601. The van der Waals surface area contributed by atoms with Crippen molar-refractivity contribution in [2.75, 3.05) is 17.7 Å².